The molecule has 14 heavy (non-hydrogen) atoms. The van der Waals surface area contributed by atoms with Gasteiger partial charge < -0.3 is 4.98 Å². The third-order valence-corrected chi connectivity index (χ3v) is 2.02. The van der Waals surface area contributed by atoms with E-state index in [1.165, 1.54) is 32.1 Å². The zero-order chi connectivity index (χ0) is 10.4. The molecule has 0 unspecified atom stereocenters. The lowest BCUT2D eigenvalue weighted by Gasteiger charge is -1.81. The fraction of sp³-hybridized carbons (Fsp3) is 0.556. The summed E-state index contributed by atoms with van der Waals surface area (Å²) < 4.78 is 12.0. The number of rotatable bonds is 0. The van der Waals surface area contributed by atoms with Gasteiger partial charge >= 0.3 is 5.69 Å². The first-order valence-corrected chi connectivity index (χ1v) is 4.67. The van der Waals surface area contributed by atoms with E-state index in [9.17, 15) is 14.0 Å². The summed E-state index contributed by atoms with van der Waals surface area (Å²) >= 11 is 0. The molecule has 0 spiro atoms. The van der Waals surface area contributed by atoms with Gasteiger partial charge in [0.1, 0.15) is 0 Å². The molecule has 1 heterocycles. The molecular weight excluding hydrogens is 187 g/mol. The van der Waals surface area contributed by atoms with Crippen LogP contribution in [0.5, 0.6) is 0 Å². The normalized spacial score (nSPS) is 14.6. The Balaban J connectivity index is 0.000000165. The molecule has 1 aromatic rings. The highest BCUT2D eigenvalue weighted by molar-refractivity contribution is 4.83. The molecule has 1 aliphatic carbocycles. The summed E-state index contributed by atoms with van der Waals surface area (Å²) in [5.41, 5.74) is -1.71. The number of aromatic amines is 2. The van der Waals surface area contributed by atoms with E-state index in [4.69, 9.17) is 0 Å². The van der Waals surface area contributed by atoms with Crippen LogP contribution in [0.25, 0.3) is 0 Å². The van der Waals surface area contributed by atoms with Gasteiger partial charge in [0, 0.05) is 6.20 Å². The summed E-state index contributed by atoms with van der Waals surface area (Å²) in [6.07, 6.45) is 8.21. The zero-order valence-electron chi connectivity index (χ0n) is 7.81. The second-order valence-electron chi connectivity index (χ2n) is 3.19. The highest BCUT2D eigenvalue weighted by Crippen LogP contribution is 2.15. The molecule has 5 heteroatoms. The van der Waals surface area contributed by atoms with E-state index in [1.54, 1.807) is 4.98 Å². The monoisotopic (exact) mass is 200 g/mol. The van der Waals surface area contributed by atoms with Crippen LogP contribution in [-0.4, -0.2) is 9.97 Å². The predicted molar refractivity (Wildman–Crippen MR) is 50.7 cm³/mol. The average Bonchev–Trinajstić information content (AvgIpc) is 2.69. The highest BCUT2D eigenvalue weighted by atomic mass is 19.1. The van der Waals surface area contributed by atoms with Gasteiger partial charge in [0.05, 0.1) is 0 Å². The summed E-state index contributed by atoms with van der Waals surface area (Å²) in [6, 6.07) is 0. The molecule has 1 fully saturated rings. The molecule has 2 rings (SSSR count). The molecule has 0 bridgehead atoms. The first-order chi connectivity index (χ1) is 6.70. The molecule has 0 atom stereocenters. The van der Waals surface area contributed by atoms with Crippen molar-refractivity contribution in [3.05, 3.63) is 32.9 Å². The van der Waals surface area contributed by atoms with E-state index in [-0.39, 0.29) is 0 Å². The molecule has 0 aromatic carbocycles. The molecule has 4 nitrogen and oxygen atoms in total. The third-order valence-electron chi connectivity index (χ3n) is 2.02. The number of H-pyrrole nitrogens is 2. The van der Waals surface area contributed by atoms with Gasteiger partial charge in [0.2, 0.25) is 5.82 Å². The Morgan fingerprint density at radius 2 is 1.57 bits per heavy atom. The van der Waals surface area contributed by atoms with Crippen molar-refractivity contribution >= 4 is 0 Å². The molecule has 0 saturated heterocycles. The van der Waals surface area contributed by atoms with Gasteiger partial charge in [-0.25, -0.2) is 4.79 Å². The van der Waals surface area contributed by atoms with E-state index in [2.05, 4.69) is 0 Å². The zero-order valence-corrected chi connectivity index (χ0v) is 7.81. The minimum atomic E-state index is -1.00. The fourth-order valence-corrected chi connectivity index (χ4v) is 1.28. The molecule has 1 aromatic heterocycles. The van der Waals surface area contributed by atoms with Crippen molar-refractivity contribution in [2.24, 2.45) is 0 Å². The van der Waals surface area contributed by atoms with Gasteiger partial charge in [-0.05, 0) is 0 Å². The van der Waals surface area contributed by atoms with Gasteiger partial charge in [-0.2, -0.15) is 4.39 Å². The quantitative estimate of drug-likeness (QED) is 0.659. The van der Waals surface area contributed by atoms with Crippen LogP contribution in [0, 0.1) is 5.82 Å². The summed E-state index contributed by atoms with van der Waals surface area (Å²) in [6.45, 7) is 0. The van der Waals surface area contributed by atoms with Crippen molar-refractivity contribution in [2.75, 3.05) is 0 Å². The lowest BCUT2D eigenvalue weighted by Crippen LogP contribution is -2.23. The van der Waals surface area contributed by atoms with Crippen LogP contribution in [0.15, 0.2) is 15.8 Å². The number of nitrogens with one attached hydrogen (secondary N) is 2. The van der Waals surface area contributed by atoms with Crippen molar-refractivity contribution in [1.82, 2.24) is 9.97 Å². The van der Waals surface area contributed by atoms with Crippen LogP contribution < -0.4 is 11.2 Å². The van der Waals surface area contributed by atoms with E-state index in [0.29, 0.717) is 6.20 Å². The van der Waals surface area contributed by atoms with Gasteiger partial charge in [0.25, 0.3) is 5.56 Å². The maximum absolute atomic E-state index is 12.0. The summed E-state index contributed by atoms with van der Waals surface area (Å²) in [5, 5.41) is 0. The summed E-state index contributed by atoms with van der Waals surface area (Å²) in [4.78, 5) is 24.0. The molecule has 1 saturated carbocycles. The lowest BCUT2D eigenvalue weighted by molar-refractivity contribution is 0.597. The lowest BCUT2D eigenvalue weighted by atomic mass is 10.4. The molecule has 78 valence electrons. The number of hydrogen-bond donors (Lipinski definition) is 2. The molecular formula is C9H13FN2O2. The van der Waals surface area contributed by atoms with Crippen molar-refractivity contribution in [3.63, 3.8) is 0 Å². The van der Waals surface area contributed by atoms with Crippen LogP contribution in [0.2, 0.25) is 0 Å². The maximum Gasteiger partial charge on any atom is 0.325 e. The van der Waals surface area contributed by atoms with Crippen LogP contribution in [0.3, 0.4) is 0 Å². The Hall–Kier alpha value is -1.39. The number of aromatic nitrogens is 2. The van der Waals surface area contributed by atoms with E-state index >= 15 is 0 Å². The van der Waals surface area contributed by atoms with Crippen molar-refractivity contribution < 1.29 is 4.39 Å². The topological polar surface area (TPSA) is 65.7 Å². The van der Waals surface area contributed by atoms with Crippen LogP contribution in [0.4, 0.5) is 4.39 Å². The summed E-state index contributed by atoms with van der Waals surface area (Å²) in [7, 11) is 0. The Morgan fingerprint density at radius 1 is 1.07 bits per heavy atom. The summed E-state index contributed by atoms with van der Waals surface area (Å²) in [5.74, 6) is -0.991. The Bertz CT molecular complexity index is 371. The molecule has 0 radical (unpaired) electrons. The smallest absolute Gasteiger partial charge is 0.311 e. The second kappa shape index (κ2) is 5.36. The maximum atomic E-state index is 12.0. The number of hydrogen-bond acceptors (Lipinski definition) is 2. The molecule has 2 N–H and O–H groups in total. The highest BCUT2D eigenvalue weighted by Gasteiger charge is 1.95. The van der Waals surface area contributed by atoms with E-state index < -0.39 is 17.1 Å². The molecule has 0 amide bonds. The molecule has 0 aliphatic heterocycles. The Kier molecular flexibility index (Phi) is 4.10. The van der Waals surface area contributed by atoms with Crippen LogP contribution in [0.1, 0.15) is 32.1 Å². The SMILES string of the molecule is C1CCCC1.O=c1[nH]cc(F)c(=O)[nH]1. The van der Waals surface area contributed by atoms with Gasteiger partial charge in [-0.1, -0.05) is 32.1 Å². The van der Waals surface area contributed by atoms with Crippen molar-refractivity contribution in [2.45, 2.75) is 32.1 Å². The van der Waals surface area contributed by atoms with E-state index in [1.807, 2.05) is 4.98 Å². The van der Waals surface area contributed by atoms with Crippen molar-refractivity contribution in [1.29, 1.82) is 0 Å². The minimum Gasteiger partial charge on any atom is -0.311 e. The predicted octanol–water partition coefficient (Wildman–Crippen LogP) is 1.15. The Labute approximate surface area is 80.2 Å². The van der Waals surface area contributed by atoms with Gasteiger partial charge in [-0.15, -0.1) is 0 Å². The largest absolute Gasteiger partial charge is 0.325 e. The van der Waals surface area contributed by atoms with Gasteiger partial charge in [-0.3, -0.25) is 9.78 Å². The van der Waals surface area contributed by atoms with E-state index in [0.717, 1.165) is 0 Å². The third kappa shape index (κ3) is 3.55. The average molecular weight is 200 g/mol. The van der Waals surface area contributed by atoms with Crippen LogP contribution >= 0.6 is 0 Å². The fourth-order valence-electron chi connectivity index (χ4n) is 1.28. The standard InChI is InChI=1S/C5H10.C4H3FN2O2/c1-2-4-5-3-1;5-2-1-6-4(9)7-3(2)8/h1-5H2;1H,(H2,6,7,8,9). The van der Waals surface area contributed by atoms with Crippen LogP contribution in [-0.2, 0) is 0 Å². The first kappa shape index (κ1) is 10.7. The number of halogens is 1. The molecule has 1 aliphatic rings. The van der Waals surface area contributed by atoms with Crippen molar-refractivity contribution in [3.8, 4) is 0 Å². The Morgan fingerprint density at radius 3 is 1.93 bits per heavy atom. The van der Waals surface area contributed by atoms with Gasteiger partial charge in [0.15, 0.2) is 0 Å². The minimum absolute atomic E-state index is 0.707. The second-order valence-corrected chi connectivity index (χ2v) is 3.19. The first-order valence-electron chi connectivity index (χ1n) is 4.67.